The van der Waals surface area contributed by atoms with Crippen LogP contribution in [0.5, 0.6) is 0 Å². The molecule has 34 heavy (non-hydrogen) atoms. The van der Waals surface area contributed by atoms with Crippen LogP contribution in [0.1, 0.15) is 38.5 Å². The van der Waals surface area contributed by atoms with Crippen molar-refractivity contribution in [3.63, 3.8) is 0 Å². The summed E-state index contributed by atoms with van der Waals surface area (Å²) in [5.74, 6) is -1.05. The standard InChI is InChI=1S/C24H35N3O7/c1-31-20-12-17(26-6-8-32-9-7-26)4-3-16(20)11-18-22(28)25-24(30)27(23(18)29)13-15-2-5-19-21(10-15)34-14-33-19/h11,15-17,19-21H,2-10,12-14H2,1H3,(H,25,28,30)/b18-11+. The average molecular weight is 478 g/mol. The smallest absolute Gasteiger partial charge is 0.331 e. The summed E-state index contributed by atoms with van der Waals surface area (Å²) in [5.41, 5.74) is 0.0469. The molecule has 6 atom stereocenters. The molecular weight excluding hydrogens is 442 g/mol. The fraction of sp³-hybridized carbons (Fsp3) is 0.792. The number of fused-ring (bicyclic) bond motifs is 1. The third-order valence-electron chi connectivity index (χ3n) is 8.09. The van der Waals surface area contributed by atoms with Gasteiger partial charge in [-0.05, 0) is 44.4 Å². The van der Waals surface area contributed by atoms with Gasteiger partial charge in [-0.2, -0.15) is 0 Å². The molecule has 188 valence electrons. The number of imide groups is 2. The van der Waals surface area contributed by atoms with E-state index in [1.165, 1.54) is 4.90 Å². The molecule has 2 aliphatic carbocycles. The van der Waals surface area contributed by atoms with E-state index < -0.39 is 17.8 Å². The quantitative estimate of drug-likeness (QED) is 0.463. The molecule has 0 radical (unpaired) electrons. The summed E-state index contributed by atoms with van der Waals surface area (Å²) < 4.78 is 22.5. The molecule has 2 saturated carbocycles. The predicted octanol–water partition coefficient (Wildman–Crippen LogP) is 1.05. The number of urea groups is 1. The molecule has 3 saturated heterocycles. The highest BCUT2D eigenvalue weighted by Gasteiger charge is 2.42. The van der Waals surface area contributed by atoms with Gasteiger partial charge < -0.3 is 18.9 Å². The molecule has 6 unspecified atom stereocenters. The van der Waals surface area contributed by atoms with Crippen LogP contribution >= 0.6 is 0 Å². The number of carbonyl (C=O) groups excluding carboxylic acids is 3. The van der Waals surface area contributed by atoms with Crippen molar-refractivity contribution in [3.8, 4) is 0 Å². The molecule has 3 aliphatic heterocycles. The first kappa shape index (κ1) is 23.9. The fourth-order valence-electron chi connectivity index (χ4n) is 6.15. The highest BCUT2D eigenvalue weighted by atomic mass is 16.7. The van der Waals surface area contributed by atoms with Gasteiger partial charge in [-0.1, -0.05) is 6.08 Å². The first-order valence-electron chi connectivity index (χ1n) is 12.5. The minimum Gasteiger partial charge on any atom is -0.381 e. The normalized spacial score (nSPS) is 38.8. The van der Waals surface area contributed by atoms with Crippen LogP contribution in [0.15, 0.2) is 11.6 Å². The van der Waals surface area contributed by atoms with Crippen LogP contribution in [0.25, 0.3) is 0 Å². The van der Waals surface area contributed by atoms with Gasteiger partial charge >= 0.3 is 6.03 Å². The van der Waals surface area contributed by atoms with Crippen molar-refractivity contribution in [2.75, 3.05) is 46.8 Å². The van der Waals surface area contributed by atoms with Gasteiger partial charge in [-0.25, -0.2) is 4.79 Å². The summed E-state index contributed by atoms with van der Waals surface area (Å²) in [6, 6.07) is -0.230. The molecule has 1 N–H and O–H groups in total. The highest BCUT2D eigenvalue weighted by molar-refractivity contribution is 6.28. The largest absolute Gasteiger partial charge is 0.381 e. The number of ether oxygens (including phenoxy) is 4. The van der Waals surface area contributed by atoms with Crippen molar-refractivity contribution < 1.29 is 33.3 Å². The number of nitrogens with zero attached hydrogens (tertiary/aromatic N) is 2. The molecule has 5 fully saturated rings. The maximum Gasteiger partial charge on any atom is 0.331 e. The number of nitrogens with one attached hydrogen (secondary N) is 1. The van der Waals surface area contributed by atoms with Crippen molar-refractivity contribution in [1.29, 1.82) is 0 Å². The second-order valence-electron chi connectivity index (χ2n) is 10.0. The fourth-order valence-corrected chi connectivity index (χ4v) is 6.15. The molecule has 5 rings (SSSR count). The van der Waals surface area contributed by atoms with Crippen molar-refractivity contribution in [3.05, 3.63) is 11.6 Å². The summed E-state index contributed by atoms with van der Waals surface area (Å²) in [6.07, 6.45) is 6.86. The molecule has 10 nitrogen and oxygen atoms in total. The molecule has 0 aromatic carbocycles. The minimum absolute atomic E-state index is 0.0162. The number of morpholine rings is 1. The topological polar surface area (TPSA) is 107 Å². The Balaban J connectivity index is 1.25. The molecule has 0 aromatic heterocycles. The Kier molecular flexibility index (Phi) is 7.31. The van der Waals surface area contributed by atoms with Crippen LogP contribution in [0, 0.1) is 11.8 Å². The SMILES string of the molecule is COC1CC(N2CCOCC2)CCC1/C=C1\C(=O)NC(=O)N(CC2CCC3OCOC3C2)C1=O. The molecule has 4 amide bonds. The van der Waals surface area contributed by atoms with E-state index in [-0.39, 0.29) is 42.3 Å². The van der Waals surface area contributed by atoms with Crippen molar-refractivity contribution in [2.45, 2.75) is 62.9 Å². The molecule has 10 heteroatoms. The monoisotopic (exact) mass is 477 g/mol. The third-order valence-corrected chi connectivity index (χ3v) is 8.09. The number of carbonyl (C=O) groups is 3. The van der Waals surface area contributed by atoms with Gasteiger partial charge in [0.1, 0.15) is 12.4 Å². The van der Waals surface area contributed by atoms with Gasteiger partial charge in [0.15, 0.2) is 0 Å². The summed E-state index contributed by atoms with van der Waals surface area (Å²) in [7, 11) is 1.68. The zero-order chi connectivity index (χ0) is 23.7. The van der Waals surface area contributed by atoms with Crippen LogP contribution in [0.3, 0.4) is 0 Å². The highest BCUT2D eigenvalue weighted by Crippen LogP contribution is 2.34. The van der Waals surface area contributed by atoms with Crippen molar-refractivity contribution >= 4 is 17.8 Å². The van der Waals surface area contributed by atoms with E-state index in [2.05, 4.69) is 10.2 Å². The van der Waals surface area contributed by atoms with E-state index in [9.17, 15) is 14.4 Å². The van der Waals surface area contributed by atoms with Gasteiger partial charge in [-0.15, -0.1) is 0 Å². The number of amides is 4. The molecular formula is C24H35N3O7. The van der Waals surface area contributed by atoms with E-state index in [0.717, 1.165) is 64.8 Å². The summed E-state index contributed by atoms with van der Waals surface area (Å²) >= 11 is 0. The van der Waals surface area contributed by atoms with E-state index in [4.69, 9.17) is 18.9 Å². The molecule has 0 bridgehead atoms. The van der Waals surface area contributed by atoms with E-state index in [1.54, 1.807) is 13.2 Å². The Bertz CT molecular complexity index is 827. The number of rotatable bonds is 5. The first-order valence-corrected chi connectivity index (χ1v) is 12.5. The Morgan fingerprint density at radius 3 is 2.62 bits per heavy atom. The Morgan fingerprint density at radius 1 is 1.03 bits per heavy atom. The van der Waals surface area contributed by atoms with Gasteiger partial charge in [-0.3, -0.25) is 24.7 Å². The van der Waals surface area contributed by atoms with Crippen LogP contribution < -0.4 is 5.32 Å². The Labute approximate surface area is 199 Å². The minimum atomic E-state index is -0.641. The predicted molar refractivity (Wildman–Crippen MR) is 120 cm³/mol. The van der Waals surface area contributed by atoms with Gasteiger partial charge in [0.05, 0.1) is 31.5 Å². The summed E-state index contributed by atoms with van der Waals surface area (Å²) in [5, 5.41) is 2.37. The Morgan fingerprint density at radius 2 is 1.82 bits per heavy atom. The van der Waals surface area contributed by atoms with Crippen molar-refractivity contribution in [1.82, 2.24) is 15.1 Å². The van der Waals surface area contributed by atoms with Crippen LogP contribution in [-0.4, -0.2) is 98.7 Å². The second kappa shape index (κ2) is 10.4. The van der Waals surface area contributed by atoms with Crippen LogP contribution in [-0.2, 0) is 28.5 Å². The lowest BCUT2D eigenvalue weighted by Gasteiger charge is -2.41. The van der Waals surface area contributed by atoms with Gasteiger partial charge in [0, 0.05) is 38.7 Å². The number of hydrogen-bond donors (Lipinski definition) is 1. The molecule has 0 aromatic rings. The third kappa shape index (κ3) is 4.92. The summed E-state index contributed by atoms with van der Waals surface area (Å²) in [4.78, 5) is 42.1. The lowest BCUT2D eigenvalue weighted by molar-refractivity contribution is -0.131. The number of methoxy groups -OCH3 is 1. The maximum atomic E-state index is 13.3. The van der Waals surface area contributed by atoms with Crippen LogP contribution in [0.2, 0.25) is 0 Å². The Hall–Kier alpha value is -1.85. The van der Waals surface area contributed by atoms with Gasteiger partial charge in [0.25, 0.3) is 11.8 Å². The van der Waals surface area contributed by atoms with E-state index >= 15 is 0 Å². The van der Waals surface area contributed by atoms with Gasteiger partial charge in [0.2, 0.25) is 0 Å². The molecule has 5 aliphatic rings. The van der Waals surface area contributed by atoms with Crippen LogP contribution in [0.4, 0.5) is 4.79 Å². The van der Waals surface area contributed by atoms with E-state index in [0.29, 0.717) is 12.8 Å². The zero-order valence-electron chi connectivity index (χ0n) is 19.8. The number of hydrogen-bond acceptors (Lipinski definition) is 8. The van der Waals surface area contributed by atoms with E-state index in [1.807, 2.05) is 0 Å². The summed E-state index contributed by atoms with van der Waals surface area (Å²) in [6.45, 7) is 3.93. The zero-order valence-corrected chi connectivity index (χ0v) is 19.8. The lowest BCUT2D eigenvalue weighted by Crippen LogP contribution is -2.56. The second-order valence-corrected chi connectivity index (χ2v) is 10.0. The molecule has 3 heterocycles. The average Bonchev–Trinajstić information content (AvgIpc) is 3.33. The lowest BCUT2D eigenvalue weighted by atomic mass is 9.81. The maximum absolute atomic E-state index is 13.3. The molecule has 0 spiro atoms. The number of barbiturate groups is 1. The van der Waals surface area contributed by atoms with Crippen molar-refractivity contribution in [2.24, 2.45) is 11.8 Å². The first-order chi connectivity index (χ1) is 16.5.